The Morgan fingerprint density at radius 2 is 2.00 bits per heavy atom. The fourth-order valence-electron chi connectivity index (χ4n) is 0.719. The average molecular weight is 266 g/mol. The van der Waals surface area contributed by atoms with Crippen molar-refractivity contribution in [1.29, 1.82) is 0 Å². The number of alkyl halides is 1. The molecule has 0 bridgehead atoms. The van der Waals surface area contributed by atoms with Gasteiger partial charge in [-0.15, -0.1) is 0 Å². The summed E-state index contributed by atoms with van der Waals surface area (Å²) in [6.07, 6.45) is 0. The molecule has 0 saturated heterocycles. The SMILES string of the molecule is Cl/C=C(\CCl)[Se]c1ccccc1. The van der Waals surface area contributed by atoms with Crippen LogP contribution in [0.4, 0.5) is 0 Å². The van der Waals surface area contributed by atoms with Gasteiger partial charge in [0.25, 0.3) is 0 Å². The van der Waals surface area contributed by atoms with Crippen molar-refractivity contribution >= 4 is 42.6 Å². The summed E-state index contributed by atoms with van der Waals surface area (Å²) in [7, 11) is 0. The van der Waals surface area contributed by atoms with Crippen LogP contribution in [0.25, 0.3) is 0 Å². The number of halogens is 2. The molecule has 0 heterocycles. The molecule has 1 aromatic rings. The summed E-state index contributed by atoms with van der Waals surface area (Å²) < 4.78 is 2.41. The van der Waals surface area contributed by atoms with Gasteiger partial charge in [-0.25, -0.2) is 0 Å². The molecule has 0 saturated carbocycles. The molecule has 0 spiro atoms. The molecule has 0 radical (unpaired) electrons. The van der Waals surface area contributed by atoms with Crippen molar-refractivity contribution in [1.82, 2.24) is 0 Å². The second-order valence-electron chi connectivity index (χ2n) is 2.12. The Kier molecular flexibility index (Phi) is 4.79. The fraction of sp³-hybridized carbons (Fsp3) is 0.111. The van der Waals surface area contributed by atoms with Crippen molar-refractivity contribution in [2.75, 3.05) is 5.88 Å². The first-order chi connectivity index (χ1) is 5.86. The zero-order chi connectivity index (χ0) is 8.81. The third-order valence-electron chi connectivity index (χ3n) is 1.25. The molecule has 0 N–H and O–H groups in total. The maximum atomic E-state index is 5.68. The first-order valence-electron chi connectivity index (χ1n) is 3.45. The summed E-state index contributed by atoms with van der Waals surface area (Å²) in [6, 6.07) is 10.2. The van der Waals surface area contributed by atoms with E-state index >= 15 is 0 Å². The van der Waals surface area contributed by atoms with Crippen LogP contribution in [-0.4, -0.2) is 20.8 Å². The summed E-state index contributed by atoms with van der Waals surface area (Å²) in [6.45, 7) is 0. The quantitative estimate of drug-likeness (QED) is 0.582. The number of allylic oxidation sites excluding steroid dienone is 1. The van der Waals surface area contributed by atoms with Gasteiger partial charge >= 0.3 is 88.8 Å². The molecule has 0 aliphatic heterocycles. The fourth-order valence-corrected chi connectivity index (χ4v) is 2.93. The van der Waals surface area contributed by atoms with Gasteiger partial charge in [0.1, 0.15) is 0 Å². The van der Waals surface area contributed by atoms with Gasteiger partial charge in [-0.05, 0) is 0 Å². The number of rotatable bonds is 3. The van der Waals surface area contributed by atoms with Crippen LogP contribution in [0.2, 0.25) is 0 Å². The Hall–Kier alpha value is 0.0595. The van der Waals surface area contributed by atoms with Gasteiger partial charge in [0.05, 0.1) is 0 Å². The molecule has 1 aromatic carbocycles. The summed E-state index contributed by atoms with van der Waals surface area (Å²) >= 11 is 11.5. The molecule has 0 atom stereocenters. The van der Waals surface area contributed by atoms with E-state index in [-0.39, 0.29) is 15.0 Å². The van der Waals surface area contributed by atoms with Crippen molar-refractivity contribution in [3.05, 3.63) is 40.3 Å². The van der Waals surface area contributed by atoms with Gasteiger partial charge in [-0.2, -0.15) is 0 Å². The van der Waals surface area contributed by atoms with Crippen LogP contribution in [-0.2, 0) is 0 Å². The first-order valence-corrected chi connectivity index (χ1v) is 6.13. The number of hydrogen-bond donors (Lipinski definition) is 0. The summed E-state index contributed by atoms with van der Waals surface area (Å²) in [5.74, 6) is 0.526. The van der Waals surface area contributed by atoms with Gasteiger partial charge in [-0.1, -0.05) is 0 Å². The predicted molar refractivity (Wildman–Crippen MR) is 56.5 cm³/mol. The summed E-state index contributed by atoms with van der Waals surface area (Å²) in [4.78, 5) is 0. The minimum absolute atomic E-state index is 0.282. The van der Waals surface area contributed by atoms with Crippen LogP contribution in [0.15, 0.2) is 40.3 Å². The van der Waals surface area contributed by atoms with E-state index < -0.39 is 0 Å². The van der Waals surface area contributed by atoms with Gasteiger partial charge in [-0.3, -0.25) is 0 Å². The topological polar surface area (TPSA) is 0 Å². The Bertz CT molecular complexity index is 256. The van der Waals surface area contributed by atoms with E-state index in [2.05, 4.69) is 12.1 Å². The van der Waals surface area contributed by atoms with Crippen molar-refractivity contribution in [3.8, 4) is 0 Å². The summed E-state index contributed by atoms with van der Waals surface area (Å²) in [5, 5.41) is 0. The van der Waals surface area contributed by atoms with Crippen LogP contribution in [0.5, 0.6) is 0 Å². The van der Waals surface area contributed by atoms with E-state index in [4.69, 9.17) is 23.2 Å². The normalized spacial score (nSPS) is 11.7. The molecule has 1 rings (SSSR count). The Morgan fingerprint density at radius 1 is 1.33 bits per heavy atom. The molecule has 0 amide bonds. The van der Waals surface area contributed by atoms with Gasteiger partial charge in [0.15, 0.2) is 0 Å². The van der Waals surface area contributed by atoms with Gasteiger partial charge < -0.3 is 0 Å². The molecule has 0 unspecified atom stereocenters. The molecule has 0 aliphatic rings. The van der Waals surface area contributed by atoms with Crippen molar-refractivity contribution in [3.63, 3.8) is 0 Å². The van der Waals surface area contributed by atoms with E-state index in [1.807, 2.05) is 18.2 Å². The number of hydrogen-bond acceptors (Lipinski definition) is 0. The maximum absolute atomic E-state index is 5.68. The van der Waals surface area contributed by atoms with E-state index in [1.165, 1.54) is 4.46 Å². The van der Waals surface area contributed by atoms with E-state index in [9.17, 15) is 0 Å². The zero-order valence-corrected chi connectivity index (χ0v) is 9.56. The third-order valence-corrected chi connectivity index (χ3v) is 4.62. The van der Waals surface area contributed by atoms with Crippen molar-refractivity contribution in [2.24, 2.45) is 0 Å². The van der Waals surface area contributed by atoms with E-state index in [1.54, 1.807) is 5.54 Å². The Labute approximate surface area is 88.7 Å². The minimum atomic E-state index is 0.282. The first kappa shape index (κ1) is 10.1. The predicted octanol–water partition coefficient (Wildman–Crippen LogP) is 2.34. The Morgan fingerprint density at radius 3 is 2.50 bits per heavy atom. The molecule has 0 fully saturated rings. The van der Waals surface area contributed by atoms with E-state index in [0.717, 1.165) is 4.47 Å². The standard InChI is InChI=1S/C9H8Cl2Se/c10-6-9(7-11)12-8-4-2-1-3-5-8/h1-6H,7H2/b9-6+. The van der Waals surface area contributed by atoms with Gasteiger partial charge in [0.2, 0.25) is 0 Å². The molecule has 64 valence electrons. The monoisotopic (exact) mass is 266 g/mol. The molecule has 0 aliphatic carbocycles. The van der Waals surface area contributed by atoms with Crippen molar-refractivity contribution in [2.45, 2.75) is 0 Å². The number of benzene rings is 1. The second kappa shape index (κ2) is 5.66. The molecular weight excluding hydrogens is 258 g/mol. The molecule has 3 heteroatoms. The molecule has 12 heavy (non-hydrogen) atoms. The Balaban J connectivity index is 2.64. The van der Waals surface area contributed by atoms with E-state index in [0.29, 0.717) is 5.88 Å². The summed E-state index contributed by atoms with van der Waals surface area (Å²) in [5.41, 5.74) is 1.58. The van der Waals surface area contributed by atoms with Crippen LogP contribution in [0.1, 0.15) is 0 Å². The van der Waals surface area contributed by atoms with Crippen LogP contribution < -0.4 is 4.46 Å². The molecule has 0 aromatic heterocycles. The zero-order valence-electron chi connectivity index (χ0n) is 6.34. The molecule has 0 nitrogen and oxygen atoms in total. The second-order valence-corrected chi connectivity index (χ2v) is 5.13. The van der Waals surface area contributed by atoms with Crippen LogP contribution >= 0.6 is 23.2 Å². The van der Waals surface area contributed by atoms with Crippen LogP contribution in [0.3, 0.4) is 0 Å². The van der Waals surface area contributed by atoms with Crippen molar-refractivity contribution < 1.29 is 0 Å². The van der Waals surface area contributed by atoms with Gasteiger partial charge in [0, 0.05) is 0 Å². The molecular formula is C9H8Cl2Se. The third kappa shape index (κ3) is 3.20. The average Bonchev–Trinajstić information content (AvgIpc) is 2.16. The van der Waals surface area contributed by atoms with Crippen LogP contribution in [0, 0.1) is 0 Å².